The van der Waals surface area contributed by atoms with Gasteiger partial charge >= 0.3 is 0 Å². The summed E-state index contributed by atoms with van der Waals surface area (Å²) in [6.07, 6.45) is 2.23. The third kappa shape index (κ3) is 3.25. The summed E-state index contributed by atoms with van der Waals surface area (Å²) >= 11 is 0. The normalized spacial score (nSPS) is 15.9. The number of aromatic nitrogens is 1. The van der Waals surface area contributed by atoms with E-state index >= 15 is 0 Å². The molecule has 1 N–H and O–H groups in total. The number of anilines is 2. The van der Waals surface area contributed by atoms with E-state index in [1.807, 2.05) is 31.2 Å². The number of hydrogen-bond acceptors (Lipinski definition) is 4. The van der Waals surface area contributed by atoms with Gasteiger partial charge in [-0.15, -0.1) is 0 Å². The molecule has 0 radical (unpaired) electrons. The predicted molar refractivity (Wildman–Crippen MR) is 108 cm³/mol. The molecule has 0 fully saturated rings. The quantitative estimate of drug-likeness (QED) is 0.736. The average Bonchev–Trinajstić information content (AvgIpc) is 3.05. The van der Waals surface area contributed by atoms with Gasteiger partial charge in [0, 0.05) is 17.8 Å². The predicted octanol–water partition coefficient (Wildman–Crippen LogP) is 3.47. The maximum atomic E-state index is 13.3. The van der Waals surface area contributed by atoms with Gasteiger partial charge in [0.15, 0.2) is 0 Å². The highest BCUT2D eigenvalue weighted by Gasteiger charge is 2.36. The van der Waals surface area contributed by atoms with E-state index in [0.29, 0.717) is 17.9 Å². The van der Waals surface area contributed by atoms with Gasteiger partial charge in [-0.3, -0.25) is 9.10 Å². The van der Waals surface area contributed by atoms with Crippen molar-refractivity contribution in [3.63, 3.8) is 0 Å². The number of pyridine rings is 1. The van der Waals surface area contributed by atoms with Gasteiger partial charge in [0.05, 0.1) is 10.6 Å². The zero-order valence-electron chi connectivity index (χ0n) is 15.2. The smallest absolute Gasteiger partial charge is 0.264 e. The summed E-state index contributed by atoms with van der Waals surface area (Å²) < 4.78 is 28.1. The number of rotatable bonds is 4. The Hall–Kier alpha value is -3.19. The summed E-state index contributed by atoms with van der Waals surface area (Å²) in [6, 6.07) is 18.6. The molecule has 6 nitrogen and oxygen atoms in total. The van der Waals surface area contributed by atoms with Crippen LogP contribution in [0.5, 0.6) is 0 Å². The SMILES string of the molecule is CC1Cc2ccccc2N1S(=O)(=O)c1cccc(C(=O)Nc2ccccn2)c1. The van der Waals surface area contributed by atoms with Gasteiger partial charge in [-0.2, -0.15) is 0 Å². The van der Waals surface area contributed by atoms with Crippen LogP contribution in [0.25, 0.3) is 0 Å². The number of fused-ring (bicyclic) bond motifs is 1. The molecule has 7 heteroatoms. The molecule has 2 heterocycles. The molecule has 142 valence electrons. The van der Waals surface area contributed by atoms with E-state index in [2.05, 4.69) is 10.3 Å². The second kappa shape index (κ2) is 7.09. The third-order valence-electron chi connectivity index (χ3n) is 4.70. The van der Waals surface area contributed by atoms with Crippen LogP contribution in [0.2, 0.25) is 0 Å². The van der Waals surface area contributed by atoms with Gasteiger partial charge in [-0.1, -0.05) is 30.3 Å². The van der Waals surface area contributed by atoms with Gasteiger partial charge in [0.25, 0.3) is 15.9 Å². The zero-order chi connectivity index (χ0) is 19.7. The minimum atomic E-state index is -3.79. The van der Waals surface area contributed by atoms with Gasteiger partial charge in [-0.25, -0.2) is 13.4 Å². The first-order valence-electron chi connectivity index (χ1n) is 8.91. The lowest BCUT2D eigenvalue weighted by atomic mass is 10.1. The van der Waals surface area contributed by atoms with Crippen LogP contribution in [0, 0.1) is 0 Å². The molecule has 0 saturated carbocycles. The van der Waals surface area contributed by atoms with E-state index in [9.17, 15) is 13.2 Å². The maximum Gasteiger partial charge on any atom is 0.264 e. The van der Waals surface area contributed by atoms with Gasteiger partial charge in [0.2, 0.25) is 0 Å². The second-order valence-electron chi connectivity index (χ2n) is 6.68. The van der Waals surface area contributed by atoms with Crippen molar-refractivity contribution in [3.8, 4) is 0 Å². The number of carbonyl (C=O) groups excluding carboxylic acids is 1. The molecule has 0 aliphatic carbocycles. The summed E-state index contributed by atoms with van der Waals surface area (Å²) in [5.41, 5.74) is 1.95. The summed E-state index contributed by atoms with van der Waals surface area (Å²) in [5.74, 6) is -0.00604. The Kier molecular flexibility index (Phi) is 4.60. The van der Waals surface area contributed by atoms with Crippen molar-refractivity contribution >= 4 is 27.4 Å². The molecule has 1 atom stereocenters. The molecule has 1 unspecified atom stereocenters. The van der Waals surface area contributed by atoms with E-state index in [-0.39, 0.29) is 16.5 Å². The Morgan fingerprint density at radius 1 is 1.07 bits per heavy atom. The number of sulfonamides is 1. The molecule has 1 aliphatic rings. The van der Waals surface area contributed by atoms with E-state index in [4.69, 9.17) is 0 Å². The van der Waals surface area contributed by atoms with Crippen LogP contribution in [-0.4, -0.2) is 25.4 Å². The minimum absolute atomic E-state index is 0.0877. The number of hydrogen-bond donors (Lipinski definition) is 1. The molecule has 0 spiro atoms. The zero-order valence-corrected chi connectivity index (χ0v) is 16.1. The van der Waals surface area contributed by atoms with Crippen molar-refractivity contribution in [2.45, 2.75) is 24.3 Å². The molecule has 28 heavy (non-hydrogen) atoms. The van der Waals surface area contributed by atoms with Crippen LogP contribution in [0.15, 0.2) is 77.8 Å². The fourth-order valence-corrected chi connectivity index (χ4v) is 5.18. The van der Waals surface area contributed by atoms with Crippen molar-refractivity contribution in [2.24, 2.45) is 0 Å². The van der Waals surface area contributed by atoms with Crippen LogP contribution in [0.4, 0.5) is 11.5 Å². The number of para-hydroxylation sites is 1. The summed E-state index contributed by atoms with van der Waals surface area (Å²) in [6.45, 7) is 1.88. The Balaban J connectivity index is 1.66. The standard InChI is InChI=1S/C21H19N3O3S/c1-15-13-16-7-2-3-10-19(16)24(15)28(26,27)18-9-6-8-17(14-18)21(25)23-20-11-4-5-12-22-20/h2-12,14-15H,13H2,1H3,(H,22,23,25). The van der Waals surface area contributed by atoms with Crippen molar-refractivity contribution in [3.05, 3.63) is 84.1 Å². The Labute approximate surface area is 163 Å². The maximum absolute atomic E-state index is 13.3. The molecule has 4 rings (SSSR count). The Morgan fingerprint density at radius 3 is 2.64 bits per heavy atom. The highest BCUT2D eigenvalue weighted by Crippen LogP contribution is 2.36. The third-order valence-corrected chi connectivity index (χ3v) is 6.63. The summed E-state index contributed by atoms with van der Waals surface area (Å²) in [7, 11) is -3.79. The van der Waals surface area contributed by atoms with E-state index in [1.54, 1.807) is 36.5 Å². The molecule has 3 aromatic rings. The molecule has 0 saturated heterocycles. The highest BCUT2D eigenvalue weighted by atomic mass is 32.2. The van der Waals surface area contributed by atoms with Crippen molar-refractivity contribution in [2.75, 3.05) is 9.62 Å². The number of nitrogens with zero attached hydrogens (tertiary/aromatic N) is 2. The Morgan fingerprint density at radius 2 is 1.86 bits per heavy atom. The van der Waals surface area contributed by atoms with Crippen LogP contribution in [-0.2, 0) is 16.4 Å². The first kappa shape index (κ1) is 18.2. The second-order valence-corrected chi connectivity index (χ2v) is 8.49. The monoisotopic (exact) mass is 393 g/mol. The fourth-order valence-electron chi connectivity index (χ4n) is 3.44. The van der Waals surface area contributed by atoms with Crippen molar-refractivity contribution in [1.82, 2.24) is 4.98 Å². The number of nitrogens with one attached hydrogen (secondary N) is 1. The van der Waals surface area contributed by atoms with E-state index < -0.39 is 15.9 Å². The van der Waals surface area contributed by atoms with Crippen LogP contribution >= 0.6 is 0 Å². The van der Waals surface area contributed by atoms with Crippen molar-refractivity contribution < 1.29 is 13.2 Å². The average molecular weight is 393 g/mol. The van der Waals surface area contributed by atoms with Crippen molar-refractivity contribution in [1.29, 1.82) is 0 Å². The van der Waals surface area contributed by atoms with Gasteiger partial charge in [0.1, 0.15) is 5.82 Å². The summed E-state index contributed by atoms with van der Waals surface area (Å²) in [5, 5.41) is 2.67. The van der Waals surface area contributed by atoms with Gasteiger partial charge < -0.3 is 5.32 Å². The molecule has 0 bridgehead atoms. The number of carbonyl (C=O) groups is 1. The van der Waals surface area contributed by atoms with Crippen LogP contribution < -0.4 is 9.62 Å². The largest absolute Gasteiger partial charge is 0.307 e. The molecule has 2 aromatic carbocycles. The van der Waals surface area contributed by atoms with E-state index in [1.165, 1.54) is 16.4 Å². The topological polar surface area (TPSA) is 79.4 Å². The highest BCUT2D eigenvalue weighted by molar-refractivity contribution is 7.92. The lowest BCUT2D eigenvalue weighted by Crippen LogP contribution is -2.35. The molecule has 1 aromatic heterocycles. The number of benzene rings is 2. The van der Waals surface area contributed by atoms with Crippen LogP contribution in [0.3, 0.4) is 0 Å². The van der Waals surface area contributed by atoms with Crippen LogP contribution in [0.1, 0.15) is 22.8 Å². The molecular weight excluding hydrogens is 374 g/mol. The lowest BCUT2D eigenvalue weighted by molar-refractivity contribution is 0.102. The Bertz CT molecular complexity index is 1130. The first-order chi connectivity index (χ1) is 13.5. The molecule has 1 aliphatic heterocycles. The lowest BCUT2D eigenvalue weighted by Gasteiger charge is -2.24. The molecular formula is C21H19N3O3S. The fraction of sp³-hybridized carbons (Fsp3) is 0.143. The summed E-state index contributed by atoms with van der Waals surface area (Å²) in [4.78, 5) is 16.7. The van der Waals surface area contributed by atoms with E-state index in [0.717, 1.165) is 5.56 Å². The minimum Gasteiger partial charge on any atom is -0.307 e. The molecule has 1 amide bonds. The number of amides is 1. The van der Waals surface area contributed by atoms with Gasteiger partial charge in [-0.05, 0) is 55.3 Å². The first-order valence-corrected chi connectivity index (χ1v) is 10.4.